The van der Waals surface area contributed by atoms with Crippen LogP contribution in [0.3, 0.4) is 0 Å². The van der Waals surface area contributed by atoms with E-state index < -0.39 is 11.7 Å². The van der Waals surface area contributed by atoms with Crippen LogP contribution in [0.2, 0.25) is 0 Å². The molecule has 1 aromatic carbocycles. The first kappa shape index (κ1) is 19.3. The predicted octanol–water partition coefficient (Wildman–Crippen LogP) is 2.32. The van der Waals surface area contributed by atoms with Crippen molar-refractivity contribution in [1.29, 1.82) is 0 Å². The number of anilines is 1. The van der Waals surface area contributed by atoms with Gasteiger partial charge < -0.3 is 14.8 Å². The molecule has 0 spiro atoms. The van der Waals surface area contributed by atoms with Crippen LogP contribution in [0.15, 0.2) is 42.5 Å². The highest BCUT2D eigenvalue weighted by molar-refractivity contribution is 6.01. The molecule has 31 heavy (non-hydrogen) atoms. The second-order valence-electron chi connectivity index (χ2n) is 8.11. The summed E-state index contributed by atoms with van der Waals surface area (Å²) in [6.45, 7) is 3.66. The van der Waals surface area contributed by atoms with Crippen molar-refractivity contribution < 1.29 is 14.0 Å². The molecule has 2 aliphatic rings. The maximum absolute atomic E-state index is 13.4. The Bertz CT molecular complexity index is 1180. The van der Waals surface area contributed by atoms with E-state index in [0.717, 1.165) is 11.5 Å². The number of amides is 2. The van der Waals surface area contributed by atoms with Crippen molar-refractivity contribution in [2.75, 3.05) is 18.4 Å². The van der Waals surface area contributed by atoms with Crippen LogP contribution in [0, 0.1) is 24.6 Å². The molecule has 0 aliphatic carbocycles. The molecule has 0 bridgehead atoms. The summed E-state index contributed by atoms with van der Waals surface area (Å²) in [6, 6.07) is 11.1. The van der Waals surface area contributed by atoms with Gasteiger partial charge in [0.25, 0.3) is 11.8 Å². The number of likely N-dealkylation sites (tertiary alicyclic amines) is 1. The van der Waals surface area contributed by atoms with Gasteiger partial charge in [0.15, 0.2) is 0 Å². The highest BCUT2D eigenvalue weighted by Crippen LogP contribution is 2.33. The monoisotopic (exact) mass is 420 g/mol. The SMILES string of the molecule is Cc1cccc(C(=O)N2C[C@@H]3Cc4nnc(C(=O)Nc5cccc(F)c5)n4C[C@@H]3C2)n1. The van der Waals surface area contributed by atoms with E-state index in [4.69, 9.17) is 0 Å². The van der Waals surface area contributed by atoms with Gasteiger partial charge in [-0.25, -0.2) is 9.37 Å². The largest absolute Gasteiger partial charge is 0.337 e. The van der Waals surface area contributed by atoms with Gasteiger partial charge in [-0.05, 0) is 49.1 Å². The van der Waals surface area contributed by atoms with Gasteiger partial charge in [-0.15, -0.1) is 10.2 Å². The van der Waals surface area contributed by atoms with Gasteiger partial charge in [0, 0.05) is 37.4 Å². The number of aryl methyl sites for hydroxylation is 1. The molecule has 1 N–H and O–H groups in total. The normalized spacial score (nSPS) is 19.6. The summed E-state index contributed by atoms with van der Waals surface area (Å²) in [7, 11) is 0. The van der Waals surface area contributed by atoms with Crippen molar-refractivity contribution >= 4 is 17.5 Å². The van der Waals surface area contributed by atoms with E-state index in [-0.39, 0.29) is 23.6 Å². The number of nitrogens with one attached hydrogen (secondary N) is 1. The molecule has 2 atom stereocenters. The lowest BCUT2D eigenvalue weighted by Crippen LogP contribution is -2.31. The summed E-state index contributed by atoms with van der Waals surface area (Å²) in [5.74, 6) is 0.470. The number of benzene rings is 1. The second-order valence-corrected chi connectivity index (χ2v) is 8.11. The maximum atomic E-state index is 13.4. The van der Waals surface area contributed by atoms with E-state index in [9.17, 15) is 14.0 Å². The van der Waals surface area contributed by atoms with Crippen molar-refractivity contribution in [2.24, 2.45) is 11.8 Å². The number of nitrogens with zero attached hydrogens (tertiary/aromatic N) is 5. The summed E-state index contributed by atoms with van der Waals surface area (Å²) < 4.78 is 15.2. The third-order valence-corrected chi connectivity index (χ3v) is 5.95. The van der Waals surface area contributed by atoms with Gasteiger partial charge in [0.1, 0.15) is 17.3 Å². The molecule has 3 aromatic rings. The Kier molecular flexibility index (Phi) is 4.72. The van der Waals surface area contributed by atoms with Crippen LogP contribution in [0.4, 0.5) is 10.1 Å². The minimum atomic E-state index is -0.433. The number of hydrogen-bond donors (Lipinski definition) is 1. The smallest absolute Gasteiger partial charge is 0.293 e. The number of halogens is 1. The van der Waals surface area contributed by atoms with Crippen molar-refractivity contribution in [2.45, 2.75) is 19.9 Å². The molecule has 2 aromatic heterocycles. The molecule has 2 amide bonds. The van der Waals surface area contributed by atoms with Crippen LogP contribution in [0.1, 0.15) is 32.6 Å². The number of rotatable bonds is 3. The van der Waals surface area contributed by atoms with Gasteiger partial charge >= 0.3 is 0 Å². The van der Waals surface area contributed by atoms with Gasteiger partial charge in [-0.2, -0.15) is 0 Å². The van der Waals surface area contributed by atoms with Gasteiger partial charge in [0.2, 0.25) is 5.82 Å². The Labute approximate surface area is 178 Å². The highest BCUT2D eigenvalue weighted by Gasteiger charge is 2.41. The molecule has 0 unspecified atom stereocenters. The number of hydrogen-bond acceptors (Lipinski definition) is 5. The van der Waals surface area contributed by atoms with E-state index >= 15 is 0 Å². The molecule has 5 rings (SSSR count). The molecule has 9 heteroatoms. The lowest BCUT2D eigenvalue weighted by atomic mass is 9.89. The molecule has 0 radical (unpaired) electrons. The van der Waals surface area contributed by atoms with E-state index in [1.54, 1.807) is 12.1 Å². The van der Waals surface area contributed by atoms with Crippen LogP contribution in [-0.4, -0.2) is 49.6 Å². The molecular formula is C22H21FN6O2. The van der Waals surface area contributed by atoms with Gasteiger partial charge in [-0.3, -0.25) is 9.59 Å². The number of carbonyl (C=O) groups excluding carboxylic acids is 2. The topological polar surface area (TPSA) is 93.0 Å². The predicted molar refractivity (Wildman–Crippen MR) is 110 cm³/mol. The quantitative estimate of drug-likeness (QED) is 0.702. The summed E-state index contributed by atoms with van der Waals surface area (Å²) in [4.78, 5) is 31.8. The fraction of sp³-hybridized carbons (Fsp3) is 0.318. The maximum Gasteiger partial charge on any atom is 0.293 e. The number of carbonyl (C=O) groups is 2. The molecule has 1 saturated heterocycles. The van der Waals surface area contributed by atoms with Crippen LogP contribution in [-0.2, 0) is 13.0 Å². The molecule has 158 valence electrons. The Balaban J connectivity index is 1.31. The summed E-state index contributed by atoms with van der Waals surface area (Å²) in [6.07, 6.45) is 0.649. The molecule has 8 nitrogen and oxygen atoms in total. The van der Waals surface area contributed by atoms with Crippen LogP contribution in [0.25, 0.3) is 0 Å². The number of fused-ring (bicyclic) bond motifs is 2. The highest BCUT2D eigenvalue weighted by atomic mass is 19.1. The zero-order valence-corrected chi connectivity index (χ0v) is 17.0. The van der Waals surface area contributed by atoms with E-state index in [1.807, 2.05) is 28.5 Å². The van der Waals surface area contributed by atoms with E-state index in [0.29, 0.717) is 37.4 Å². The lowest BCUT2D eigenvalue weighted by Gasteiger charge is -2.25. The minimum absolute atomic E-state index is 0.0714. The first-order chi connectivity index (χ1) is 15.0. The Morgan fingerprint density at radius 3 is 2.68 bits per heavy atom. The summed E-state index contributed by atoms with van der Waals surface area (Å²) in [5.41, 5.74) is 1.62. The van der Waals surface area contributed by atoms with E-state index in [1.165, 1.54) is 18.2 Å². The third-order valence-electron chi connectivity index (χ3n) is 5.95. The van der Waals surface area contributed by atoms with Crippen LogP contribution >= 0.6 is 0 Å². The van der Waals surface area contributed by atoms with Crippen LogP contribution in [0.5, 0.6) is 0 Å². The minimum Gasteiger partial charge on any atom is -0.337 e. The average molecular weight is 420 g/mol. The van der Waals surface area contributed by atoms with Crippen molar-refractivity contribution in [1.82, 2.24) is 24.6 Å². The second kappa shape index (κ2) is 7.57. The molecule has 4 heterocycles. The van der Waals surface area contributed by atoms with E-state index in [2.05, 4.69) is 20.5 Å². The summed E-state index contributed by atoms with van der Waals surface area (Å²) >= 11 is 0. The zero-order valence-electron chi connectivity index (χ0n) is 17.0. The molecular weight excluding hydrogens is 399 g/mol. The Morgan fingerprint density at radius 2 is 1.87 bits per heavy atom. The summed E-state index contributed by atoms with van der Waals surface area (Å²) in [5, 5.41) is 10.9. The van der Waals surface area contributed by atoms with Crippen molar-refractivity contribution in [3.8, 4) is 0 Å². The Hall–Kier alpha value is -3.62. The lowest BCUT2D eigenvalue weighted by molar-refractivity contribution is 0.0777. The Morgan fingerprint density at radius 1 is 1.06 bits per heavy atom. The van der Waals surface area contributed by atoms with Gasteiger partial charge in [0.05, 0.1) is 0 Å². The number of pyridine rings is 1. The third kappa shape index (κ3) is 3.67. The molecule has 2 aliphatic heterocycles. The first-order valence-electron chi connectivity index (χ1n) is 10.2. The van der Waals surface area contributed by atoms with Crippen LogP contribution < -0.4 is 5.32 Å². The standard InChI is InChI=1S/C22H21FN6O2/c1-13-4-2-7-18(24-13)22(31)28-10-14-8-19-26-27-20(29(19)12-15(14)11-28)21(30)25-17-6-3-5-16(23)9-17/h2-7,9,14-15H,8,10-12H2,1H3,(H,25,30)/t14-,15-/m0/s1. The fourth-order valence-corrected chi connectivity index (χ4v) is 4.44. The fourth-order valence-electron chi connectivity index (χ4n) is 4.44. The molecule has 1 fully saturated rings. The first-order valence-corrected chi connectivity index (χ1v) is 10.2. The molecule has 0 saturated carbocycles. The number of aromatic nitrogens is 4. The van der Waals surface area contributed by atoms with Crippen molar-refractivity contribution in [3.05, 3.63) is 71.3 Å². The van der Waals surface area contributed by atoms with Crippen molar-refractivity contribution in [3.63, 3.8) is 0 Å². The van der Waals surface area contributed by atoms with Gasteiger partial charge in [-0.1, -0.05) is 12.1 Å². The zero-order chi connectivity index (χ0) is 21.5. The average Bonchev–Trinajstić information content (AvgIpc) is 3.34.